The first-order valence-electron chi connectivity index (χ1n) is 4.60. The van der Waals surface area contributed by atoms with Crippen LogP contribution in [-0.4, -0.2) is 16.9 Å². The highest BCUT2D eigenvalue weighted by Crippen LogP contribution is 2.09. The molecule has 3 nitrogen and oxygen atoms in total. The number of terminal acetylenes is 1. The Morgan fingerprint density at radius 1 is 1.69 bits per heavy atom. The minimum absolute atomic E-state index is 0.298. The van der Waals surface area contributed by atoms with Crippen molar-refractivity contribution in [3.63, 3.8) is 0 Å². The summed E-state index contributed by atoms with van der Waals surface area (Å²) in [5.41, 5.74) is -0.378. The summed E-state index contributed by atoms with van der Waals surface area (Å²) in [7, 11) is 0. The Morgan fingerprint density at radius 2 is 2.38 bits per heavy atom. The molecule has 1 unspecified atom stereocenters. The van der Waals surface area contributed by atoms with E-state index < -0.39 is 17.7 Å². The molecule has 1 rings (SSSR count). The lowest BCUT2D eigenvalue weighted by Gasteiger charge is -2.11. The van der Waals surface area contributed by atoms with Crippen molar-refractivity contribution >= 4 is 5.91 Å². The molecule has 1 aromatic rings. The summed E-state index contributed by atoms with van der Waals surface area (Å²) in [6.07, 6.45) is 6.40. The maximum atomic E-state index is 13.1. The third kappa shape index (κ3) is 2.76. The molecule has 0 saturated heterocycles. The maximum absolute atomic E-state index is 13.1. The van der Waals surface area contributed by atoms with E-state index >= 15 is 0 Å². The van der Waals surface area contributed by atoms with Crippen molar-refractivity contribution in [1.29, 1.82) is 0 Å². The van der Waals surface area contributed by atoms with Gasteiger partial charge in [0, 0.05) is 18.7 Å². The highest BCUT2D eigenvalue weighted by atomic mass is 19.2. The van der Waals surface area contributed by atoms with E-state index in [2.05, 4.69) is 16.2 Å². The van der Waals surface area contributed by atoms with Crippen molar-refractivity contribution in [1.82, 2.24) is 10.3 Å². The van der Waals surface area contributed by atoms with Crippen LogP contribution < -0.4 is 5.32 Å². The number of nitrogens with zero attached hydrogens (tertiary/aromatic N) is 1. The normalized spacial score (nSPS) is 11.6. The highest BCUT2D eigenvalue weighted by Gasteiger charge is 2.17. The van der Waals surface area contributed by atoms with Gasteiger partial charge in [-0.15, -0.1) is 12.3 Å². The van der Waals surface area contributed by atoms with Crippen molar-refractivity contribution in [2.45, 2.75) is 19.4 Å². The van der Waals surface area contributed by atoms with Crippen molar-refractivity contribution < 1.29 is 13.6 Å². The van der Waals surface area contributed by atoms with Crippen LogP contribution in [0.4, 0.5) is 8.78 Å². The lowest BCUT2D eigenvalue weighted by molar-refractivity contribution is 0.0935. The van der Waals surface area contributed by atoms with Crippen molar-refractivity contribution in [2.75, 3.05) is 0 Å². The first kappa shape index (κ1) is 12.1. The topological polar surface area (TPSA) is 42.0 Å². The highest BCUT2D eigenvalue weighted by molar-refractivity contribution is 5.94. The number of hydrogen-bond donors (Lipinski definition) is 1. The predicted molar refractivity (Wildman–Crippen MR) is 54.5 cm³/mol. The predicted octanol–water partition coefficient (Wildman–Crippen LogP) is 1.50. The molecule has 5 heteroatoms. The number of carbonyl (C=O) groups is 1. The van der Waals surface area contributed by atoms with Gasteiger partial charge in [0.25, 0.3) is 5.91 Å². The molecule has 0 spiro atoms. The van der Waals surface area contributed by atoms with E-state index in [1.807, 2.05) is 0 Å². The number of nitrogens with one attached hydrogen (secondary N) is 1. The summed E-state index contributed by atoms with van der Waals surface area (Å²) < 4.78 is 25.9. The Balaban J connectivity index is 2.82. The molecule has 1 amide bonds. The van der Waals surface area contributed by atoms with Gasteiger partial charge in [0.05, 0.1) is 5.56 Å². The minimum Gasteiger partial charge on any atom is -0.349 e. The second-order valence-electron chi connectivity index (χ2n) is 3.25. The fourth-order valence-electron chi connectivity index (χ4n) is 1.12. The lowest BCUT2D eigenvalue weighted by atomic mass is 10.2. The van der Waals surface area contributed by atoms with E-state index in [1.165, 1.54) is 0 Å². The maximum Gasteiger partial charge on any atom is 0.254 e. The quantitative estimate of drug-likeness (QED) is 0.624. The molecule has 84 valence electrons. The van der Waals surface area contributed by atoms with Crippen LogP contribution in [0.2, 0.25) is 0 Å². The minimum atomic E-state index is -1.29. The number of carbonyl (C=O) groups excluding carboxylic acids is 1. The Hall–Kier alpha value is -1.96. The molecular weight excluding hydrogens is 214 g/mol. The van der Waals surface area contributed by atoms with E-state index in [0.717, 1.165) is 12.3 Å². The van der Waals surface area contributed by atoms with Crippen LogP contribution in [0, 0.1) is 24.1 Å². The molecular formula is C11H10F2N2O. The first-order valence-corrected chi connectivity index (χ1v) is 4.60. The number of rotatable bonds is 3. The Morgan fingerprint density at radius 3 is 3.00 bits per heavy atom. The van der Waals surface area contributed by atoms with Crippen molar-refractivity contribution in [3.8, 4) is 12.3 Å². The van der Waals surface area contributed by atoms with Crippen LogP contribution in [0.15, 0.2) is 12.3 Å². The molecule has 0 bridgehead atoms. The standard InChI is InChI=1S/C11H10F2N2O/c1-3-4-7(2)15-11(16)8-5-6-14-10(13)9(8)12/h1,5-7H,4H2,2H3,(H,15,16). The van der Waals surface area contributed by atoms with Crippen LogP contribution in [0.3, 0.4) is 0 Å². The summed E-state index contributed by atoms with van der Waals surface area (Å²) in [4.78, 5) is 14.6. The van der Waals surface area contributed by atoms with Gasteiger partial charge in [0.2, 0.25) is 5.95 Å². The molecule has 0 saturated carbocycles. The smallest absolute Gasteiger partial charge is 0.254 e. The van der Waals surface area contributed by atoms with Gasteiger partial charge in [-0.2, -0.15) is 4.39 Å². The van der Waals surface area contributed by atoms with Gasteiger partial charge in [-0.05, 0) is 13.0 Å². The lowest BCUT2D eigenvalue weighted by Crippen LogP contribution is -2.33. The first-order chi connectivity index (χ1) is 7.56. The fourth-order valence-corrected chi connectivity index (χ4v) is 1.12. The average molecular weight is 224 g/mol. The van der Waals surface area contributed by atoms with Gasteiger partial charge in [0.15, 0.2) is 5.82 Å². The molecule has 1 atom stereocenters. The zero-order chi connectivity index (χ0) is 12.1. The van der Waals surface area contributed by atoms with Crippen LogP contribution in [0.5, 0.6) is 0 Å². The summed E-state index contributed by atoms with van der Waals surface area (Å²) in [6, 6.07) is 0.809. The van der Waals surface area contributed by atoms with E-state index in [9.17, 15) is 13.6 Å². The van der Waals surface area contributed by atoms with Gasteiger partial charge < -0.3 is 5.32 Å². The number of halogens is 2. The molecule has 0 aliphatic heterocycles. The van der Waals surface area contributed by atoms with E-state index in [1.54, 1.807) is 6.92 Å². The van der Waals surface area contributed by atoms with Gasteiger partial charge in [-0.25, -0.2) is 9.37 Å². The summed E-state index contributed by atoms with van der Waals surface area (Å²) >= 11 is 0. The zero-order valence-electron chi connectivity index (χ0n) is 8.63. The Bertz CT molecular complexity index is 440. The molecule has 0 aliphatic carbocycles. The molecule has 0 radical (unpaired) electrons. The summed E-state index contributed by atoms with van der Waals surface area (Å²) in [5.74, 6) is -0.902. The van der Waals surface area contributed by atoms with E-state index in [0.29, 0.717) is 6.42 Å². The van der Waals surface area contributed by atoms with Crippen molar-refractivity contribution in [2.24, 2.45) is 0 Å². The zero-order valence-corrected chi connectivity index (χ0v) is 8.63. The number of pyridine rings is 1. The monoisotopic (exact) mass is 224 g/mol. The van der Waals surface area contributed by atoms with E-state index in [-0.39, 0.29) is 11.6 Å². The molecule has 0 aliphatic rings. The van der Waals surface area contributed by atoms with Gasteiger partial charge in [-0.3, -0.25) is 4.79 Å². The van der Waals surface area contributed by atoms with Crippen LogP contribution in [0.1, 0.15) is 23.7 Å². The average Bonchev–Trinajstić information content (AvgIpc) is 2.22. The molecule has 1 heterocycles. The number of amides is 1. The van der Waals surface area contributed by atoms with Crippen LogP contribution in [0.25, 0.3) is 0 Å². The Labute approximate surface area is 91.9 Å². The van der Waals surface area contributed by atoms with Crippen LogP contribution in [-0.2, 0) is 0 Å². The number of hydrogen-bond acceptors (Lipinski definition) is 2. The second-order valence-corrected chi connectivity index (χ2v) is 3.25. The molecule has 0 fully saturated rings. The molecule has 1 aromatic heterocycles. The van der Waals surface area contributed by atoms with Gasteiger partial charge >= 0.3 is 0 Å². The van der Waals surface area contributed by atoms with Crippen LogP contribution >= 0.6 is 0 Å². The third-order valence-electron chi connectivity index (χ3n) is 1.89. The SMILES string of the molecule is C#CCC(C)NC(=O)c1ccnc(F)c1F. The largest absolute Gasteiger partial charge is 0.349 e. The number of aromatic nitrogens is 1. The van der Waals surface area contributed by atoms with E-state index in [4.69, 9.17) is 6.42 Å². The van der Waals surface area contributed by atoms with Crippen molar-refractivity contribution in [3.05, 3.63) is 29.6 Å². The molecule has 1 N–H and O–H groups in total. The molecule has 16 heavy (non-hydrogen) atoms. The van der Waals surface area contributed by atoms with Gasteiger partial charge in [-0.1, -0.05) is 0 Å². The second kappa shape index (κ2) is 5.21. The van der Waals surface area contributed by atoms with Gasteiger partial charge in [0.1, 0.15) is 0 Å². The Kier molecular flexibility index (Phi) is 3.95. The summed E-state index contributed by atoms with van der Waals surface area (Å²) in [5, 5.41) is 2.45. The third-order valence-corrected chi connectivity index (χ3v) is 1.89. The molecule has 0 aromatic carbocycles. The summed E-state index contributed by atoms with van der Waals surface area (Å²) in [6.45, 7) is 1.67. The fraction of sp³-hybridized carbons (Fsp3) is 0.273.